The molecule has 6 heteroatoms. The minimum atomic E-state index is -3.42. The third kappa shape index (κ3) is 3.67. The van der Waals surface area contributed by atoms with E-state index in [1.54, 1.807) is 0 Å². The summed E-state index contributed by atoms with van der Waals surface area (Å²) in [6.45, 7) is 4.25. The number of hydrogen-bond acceptors (Lipinski definition) is 3. The second kappa shape index (κ2) is 5.82. The zero-order valence-corrected chi connectivity index (χ0v) is 11.2. The van der Waals surface area contributed by atoms with Crippen LogP contribution in [0.25, 0.3) is 0 Å². The van der Waals surface area contributed by atoms with Gasteiger partial charge in [0.2, 0.25) is 10.0 Å². The molecule has 0 spiro atoms. The Hall–Kier alpha value is -0.620. The van der Waals surface area contributed by atoms with Crippen LogP contribution in [0.1, 0.15) is 39.5 Å². The molecule has 0 radical (unpaired) electrons. The van der Waals surface area contributed by atoms with Gasteiger partial charge in [0.05, 0.1) is 5.75 Å². The molecular formula is C11H21NO4S. The summed E-state index contributed by atoms with van der Waals surface area (Å²) in [6.07, 6.45) is 2.86. The van der Waals surface area contributed by atoms with E-state index < -0.39 is 22.0 Å². The Morgan fingerprint density at radius 3 is 2.71 bits per heavy atom. The minimum Gasteiger partial charge on any atom is -0.480 e. The molecule has 100 valence electrons. The first-order valence-electron chi connectivity index (χ1n) is 6.10. The lowest BCUT2D eigenvalue weighted by Gasteiger charge is -2.22. The van der Waals surface area contributed by atoms with Gasteiger partial charge in [-0.3, -0.25) is 4.79 Å². The Balaban J connectivity index is 2.72. The Morgan fingerprint density at radius 2 is 2.18 bits per heavy atom. The van der Waals surface area contributed by atoms with Gasteiger partial charge in [-0.1, -0.05) is 20.3 Å². The Morgan fingerprint density at radius 1 is 1.53 bits per heavy atom. The molecule has 5 nitrogen and oxygen atoms in total. The Bertz CT molecular complexity index is 366. The lowest BCUT2D eigenvalue weighted by Crippen LogP contribution is -2.42. The molecule has 1 fully saturated rings. The van der Waals surface area contributed by atoms with Gasteiger partial charge in [-0.15, -0.1) is 0 Å². The third-order valence-corrected chi connectivity index (χ3v) is 5.26. The summed E-state index contributed by atoms with van der Waals surface area (Å²) in [6, 6.07) is -0.853. The molecule has 0 aromatic carbocycles. The van der Waals surface area contributed by atoms with Crippen molar-refractivity contribution in [3.05, 3.63) is 0 Å². The lowest BCUT2D eigenvalue weighted by molar-refractivity contribution is -0.140. The van der Waals surface area contributed by atoms with E-state index in [1.165, 1.54) is 4.31 Å². The zero-order chi connectivity index (χ0) is 13.1. The summed E-state index contributed by atoms with van der Waals surface area (Å²) < 4.78 is 25.4. The number of sulfonamides is 1. The van der Waals surface area contributed by atoms with Gasteiger partial charge in [0.25, 0.3) is 0 Å². The molecule has 1 unspecified atom stereocenters. The topological polar surface area (TPSA) is 74.7 Å². The van der Waals surface area contributed by atoms with Gasteiger partial charge in [-0.2, -0.15) is 4.31 Å². The van der Waals surface area contributed by atoms with Crippen molar-refractivity contribution in [1.29, 1.82) is 0 Å². The number of aliphatic carboxylic acids is 1. The van der Waals surface area contributed by atoms with Crippen LogP contribution in [0.3, 0.4) is 0 Å². The summed E-state index contributed by atoms with van der Waals surface area (Å²) in [5.74, 6) is -0.890. The van der Waals surface area contributed by atoms with E-state index in [0.29, 0.717) is 19.4 Å². The number of carboxylic acids is 1. The van der Waals surface area contributed by atoms with Crippen LogP contribution in [0.2, 0.25) is 0 Å². The van der Waals surface area contributed by atoms with Gasteiger partial charge in [-0.25, -0.2) is 8.42 Å². The smallest absolute Gasteiger partial charge is 0.322 e. The Labute approximate surface area is 103 Å². The van der Waals surface area contributed by atoms with Crippen LogP contribution in [-0.2, 0) is 14.8 Å². The van der Waals surface area contributed by atoms with Crippen LogP contribution >= 0.6 is 0 Å². The van der Waals surface area contributed by atoms with Gasteiger partial charge in [0, 0.05) is 6.54 Å². The van der Waals surface area contributed by atoms with E-state index >= 15 is 0 Å². The summed E-state index contributed by atoms with van der Waals surface area (Å²) in [4.78, 5) is 11.0. The fourth-order valence-electron chi connectivity index (χ4n) is 2.35. The average Bonchev–Trinajstić information content (AvgIpc) is 2.65. The van der Waals surface area contributed by atoms with Gasteiger partial charge >= 0.3 is 5.97 Å². The van der Waals surface area contributed by atoms with Crippen LogP contribution < -0.4 is 0 Å². The normalized spacial score (nSPS) is 23.8. The summed E-state index contributed by atoms with van der Waals surface area (Å²) in [5, 5.41) is 8.98. The van der Waals surface area contributed by atoms with Crippen LogP contribution in [-0.4, -0.2) is 42.1 Å². The van der Waals surface area contributed by atoms with Crippen molar-refractivity contribution >= 4 is 16.0 Å². The summed E-state index contributed by atoms with van der Waals surface area (Å²) in [7, 11) is -3.42. The molecule has 2 atom stereocenters. The van der Waals surface area contributed by atoms with Crippen molar-refractivity contribution in [3.8, 4) is 0 Å². The first-order valence-corrected chi connectivity index (χ1v) is 7.71. The maximum absolute atomic E-state index is 12.1. The standard InChI is InChI=1S/C11H21NO4S/c1-3-5-9(2)8-17(15,16)12-7-4-6-10(12)11(13)14/h9-10H,3-8H2,1-2H3,(H,13,14)/t9?,10-/m0/s1. The molecule has 1 saturated heterocycles. The lowest BCUT2D eigenvalue weighted by atomic mass is 10.1. The first-order chi connectivity index (χ1) is 7.88. The molecule has 1 N–H and O–H groups in total. The van der Waals surface area contributed by atoms with Crippen molar-refractivity contribution in [3.63, 3.8) is 0 Å². The van der Waals surface area contributed by atoms with Crippen LogP contribution in [0, 0.1) is 5.92 Å². The van der Waals surface area contributed by atoms with Crippen molar-refractivity contribution in [1.82, 2.24) is 4.31 Å². The van der Waals surface area contributed by atoms with Crippen LogP contribution in [0.5, 0.6) is 0 Å². The second-order valence-corrected chi connectivity index (χ2v) is 6.75. The molecule has 1 heterocycles. The maximum atomic E-state index is 12.1. The van der Waals surface area contributed by atoms with Gasteiger partial charge in [0.15, 0.2) is 0 Å². The molecule has 0 amide bonds. The highest BCUT2D eigenvalue weighted by Crippen LogP contribution is 2.23. The molecule has 1 aliphatic rings. The van der Waals surface area contributed by atoms with Crippen LogP contribution in [0.4, 0.5) is 0 Å². The number of nitrogens with zero attached hydrogens (tertiary/aromatic N) is 1. The van der Waals surface area contributed by atoms with Crippen LogP contribution in [0.15, 0.2) is 0 Å². The van der Waals surface area contributed by atoms with E-state index in [4.69, 9.17) is 5.11 Å². The summed E-state index contributed by atoms with van der Waals surface area (Å²) in [5.41, 5.74) is 0. The van der Waals surface area contributed by atoms with E-state index in [1.807, 2.05) is 13.8 Å². The predicted octanol–water partition coefficient (Wildman–Crippen LogP) is 1.30. The minimum absolute atomic E-state index is 0.0601. The largest absolute Gasteiger partial charge is 0.480 e. The van der Waals surface area contributed by atoms with Gasteiger partial charge in [0.1, 0.15) is 6.04 Å². The number of hydrogen-bond donors (Lipinski definition) is 1. The highest BCUT2D eigenvalue weighted by molar-refractivity contribution is 7.89. The maximum Gasteiger partial charge on any atom is 0.322 e. The molecular weight excluding hydrogens is 242 g/mol. The molecule has 0 aliphatic carbocycles. The fourth-order valence-corrected chi connectivity index (χ4v) is 4.42. The molecule has 1 rings (SSSR count). The van der Waals surface area contributed by atoms with Gasteiger partial charge in [-0.05, 0) is 25.2 Å². The number of carboxylic acid groups (broad SMARTS) is 1. The van der Waals surface area contributed by atoms with Gasteiger partial charge < -0.3 is 5.11 Å². The molecule has 0 saturated carbocycles. The van der Waals surface area contributed by atoms with Crippen molar-refractivity contribution in [2.45, 2.75) is 45.6 Å². The van der Waals surface area contributed by atoms with E-state index in [0.717, 1.165) is 12.8 Å². The molecule has 0 bridgehead atoms. The number of rotatable bonds is 6. The van der Waals surface area contributed by atoms with E-state index in [9.17, 15) is 13.2 Å². The van der Waals surface area contributed by atoms with E-state index in [-0.39, 0.29) is 11.7 Å². The van der Waals surface area contributed by atoms with Crippen molar-refractivity contribution < 1.29 is 18.3 Å². The summed E-state index contributed by atoms with van der Waals surface area (Å²) >= 11 is 0. The van der Waals surface area contributed by atoms with E-state index in [2.05, 4.69) is 0 Å². The monoisotopic (exact) mass is 263 g/mol. The quantitative estimate of drug-likeness (QED) is 0.784. The third-order valence-electron chi connectivity index (χ3n) is 3.12. The molecule has 0 aromatic rings. The molecule has 17 heavy (non-hydrogen) atoms. The molecule has 0 aromatic heterocycles. The van der Waals surface area contributed by atoms with Crippen molar-refractivity contribution in [2.75, 3.05) is 12.3 Å². The van der Waals surface area contributed by atoms with Crippen molar-refractivity contribution in [2.24, 2.45) is 5.92 Å². The highest BCUT2D eigenvalue weighted by atomic mass is 32.2. The zero-order valence-electron chi connectivity index (χ0n) is 10.4. The highest BCUT2D eigenvalue weighted by Gasteiger charge is 2.38. The molecule has 1 aliphatic heterocycles. The fraction of sp³-hybridized carbons (Fsp3) is 0.909. The average molecular weight is 263 g/mol. The number of carbonyl (C=O) groups is 1. The Kier molecular flexibility index (Phi) is 4.94. The second-order valence-electron chi connectivity index (χ2n) is 4.78. The predicted molar refractivity (Wildman–Crippen MR) is 65.2 cm³/mol. The SMILES string of the molecule is CCCC(C)CS(=O)(=O)N1CCC[C@H]1C(=O)O. The first kappa shape index (κ1) is 14.4.